The lowest BCUT2D eigenvalue weighted by Crippen LogP contribution is -2.44. The number of aliphatic hydroxyl groups excluding tert-OH is 1. The number of nitrogens with two attached hydrogens (primary N) is 1. The van der Waals surface area contributed by atoms with Crippen LogP contribution in [0.25, 0.3) is 0 Å². The maximum absolute atomic E-state index is 9.45. The molecular formula is C11H23NO. The Balaban J connectivity index is 2.60. The molecule has 0 bridgehead atoms. The van der Waals surface area contributed by atoms with Crippen LogP contribution in [0, 0.1) is 5.41 Å². The molecule has 3 N–H and O–H groups in total. The summed E-state index contributed by atoms with van der Waals surface area (Å²) >= 11 is 0. The fraction of sp³-hybridized carbons (Fsp3) is 1.00. The maximum Gasteiger partial charge on any atom is 0.0540 e. The van der Waals surface area contributed by atoms with Gasteiger partial charge in [-0.05, 0) is 43.9 Å². The van der Waals surface area contributed by atoms with E-state index in [1.54, 1.807) is 0 Å². The molecule has 0 aromatic heterocycles. The minimum atomic E-state index is -0.0660. The molecule has 0 amide bonds. The molecule has 2 heteroatoms. The van der Waals surface area contributed by atoms with Crippen LogP contribution in [0.4, 0.5) is 0 Å². The summed E-state index contributed by atoms with van der Waals surface area (Å²) in [5, 5.41) is 9.45. The molecule has 0 unspecified atom stereocenters. The van der Waals surface area contributed by atoms with Crippen molar-refractivity contribution in [2.75, 3.05) is 0 Å². The minimum absolute atomic E-state index is 0.0660. The summed E-state index contributed by atoms with van der Waals surface area (Å²) in [7, 11) is 0. The van der Waals surface area contributed by atoms with Gasteiger partial charge in [-0.3, -0.25) is 0 Å². The third kappa shape index (κ3) is 2.23. The van der Waals surface area contributed by atoms with Crippen molar-refractivity contribution < 1.29 is 5.11 Å². The molecule has 0 heterocycles. The highest BCUT2D eigenvalue weighted by Gasteiger charge is 2.37. The third-order valence-corrected chi connectivity index (χ3v) is 3.88. The van der Waals surface area contributed by atoms with E-state index in [0.29, 0.717) is 11.5 Å². The van der Waals surface area contributed by atoms with Gasteiger partial charge < -0.3 is 10.8 Å². The fourth-order valence-corrected chi connectivity index (χ4v) is 2.60. The summed E-state index contributed by atoms with van der Waals surface area (Å²) in [5.74, 6) is 0. The quantitative estimate of drug-likeness (QED) is 0.707. The van der Waals surface area contributed by atoms with E-state index in [4.69, 9.17) is 5.73 Å². The van der Waals surface area contributed by atoms with Crippen molar-refractivity contribution in [3.05, 3.63) is 0 Å². The summed E-state index contributed by atoms with van der Waals surface area (Å²) in [6.45, 7) is 4.39. The van der Waals surface area contributed by atoms with Crippen molar-refractivity contribution >= 4 is 0 Å². The molecular weight excluding hydrogens is 162 g/mol. The SMILES string of the molecule is CC[C@@H](N)C1(CC)CCC(O)CC1. The van der Waals surface area contributed by atoms with Gasteiger partial charge in [-0.1, -0.05) is 13.8 Å². The summed E-state index contributed by atoms with van der Waals surface area (Å²) in [5.41, 5.74) is 6.48. The van der Waals surface area contributed by atoms with E-state index in [1.807, 2.05) is 0 Å². The van der Waals surface area contributed by atoms with Gasteiger partial charge in [0.05, 0.1) is 6.10 Å². The molecule has 0 spiro atoms. The van der Waals surface area contributed by atoms with Crippen LogP contribution in [0.2, 0.25) is 0 Å². The van der Waals surface area contributed by atoms with E-state index in [0.717, 1.165) is 38.5 Å². The lowest BCUT2D eigenvalue weighted by molar-refractivity contribution is 0.0435. The molecule has 1 rings (SSSR count). The van der Waals surface area contributed by atoms with Gasteiger partial charge in [-0.15, -0.1) is 0 Å². The summed E-state index contributed by atoms with van der Waals surface area (Å²) in [6, 6.07) is 0.324. The summed E-state index contributed by atoms with van der Waals surface area (Å²) in [6.07, 6.45) is 6.27. The second-order valence-electron chi connectivity index (χ2n) is 4.46. The highest BCUT2D eigenvalue weighted by atomic mass is 16.3. The smallest absolute Gasteiger partial charge is 0.0540 e. The van der Waals surface area contributed by atoms with E-state index in [2.05, 4.69) is 13.8 Å². The zero-order valence-corrected chi connectivity index (χ0v) is 8.92. The van der Waals surface area contributed by atoms with Crippen LogP contribution in [-0.2, 0) is 0 Å². The highest BCUT2D eigenvalue weighted by Crippen LogP contribution is 2.42. The monoisotopic (exact) mass is 185 g/mol. The average Bonchev–Trinajstić information content (AvgIpc) is 2.18. The molecule has 1 fully saturated rings. The normalized spacial score (nSPS) is 37.4. The Morgan fingerprint density at radius 2 is 1.92 bits per heavy atom. The van der Waals surface area contributed by atoms with Crippen LogP contribution in [0.1, 0.15) is 52.4 Å². The number of hydrogen-bond donors (Lipinski definition) is 2. The fourth-order valence-electron chi connectivity index (χ4n) is 2.60. The second-order valence-corrected chi connectivity index (χ2v) is 4.46. The number of rotatable bonds is 3. The van der Waals surface area contributed by atoms with Crippen molar-refractivity contribution in [3.8, 4) is 0 Å². The second kappa shape index (κ2) is 4.43. The first-order valence-corrected chi connectivity index (χ1v) is 5.58. The molecule has 0 radical (unpaired) electrons. The van der Waals surface area contributed by atoms with Crippen LogP contribution in [0.15, 0.2) is 0 Å². The Morgan fingerprint density at radius 3 is 2.31 bits per heavy atom. The van der Waals surface area contributed by atoms with Crippen molar-refractivity contribution in [1.82, 2.24) is 0 Å². The van der Waals surface area contributed by atoms with E-state index >= 15 is 0 Å². The van der Waals surface area contributed by atoms with Gasteiger partial charge in [-0.25, -0.2) is 0 Å². The summed E-state index contributed by atoms with van der Waals surface area (Å²) in [4.78, 5) is 0. The molecule has 1 atom stereocenters. The predicted molar refractivity (Wildman–Crippen MR) is 55.5 cm³/mol. The van der Waals surface area contributed by atoms with E-state index in [9.17, 15) is 5.11 Å². The molecule has 0 aromatic carbocycles. The Bertz CT molecular complexity index is 150. The molecule has 0 aliphatic heterocycles. The van der Waals surface area contributed by atoms with Crippen molar-refractivity contribution in [2.24, 2.45) is 11.1 Å². The first-order chi connectivity index (χ1) is 6.14. The van der Waals surface area contributed by atoms with Crippen molar-refractivity contribution in [1.29, 1.82) is 0 Å². The topological polar surface area (TPSA) is 46.2 Å². The molecule has 0 aromatic rings. The van der Waals surface area contributed by atoms with Gasteiger partial charge >= 0.3 is 0 Å². The van der Waals surface area contributed by atoms with Gasteiger partial charge in [0.15, 0.2) is 0 Å². The summed E-state index contributed by atoms with van der Waals surface area (Å²) < 4.78 is 0. The van der Waals surface area contributed by atoms with Crippen LogP contribution >= 0.6 is 0 Å². The zero-order valence-electron chi connectivity index (χ0n) is 8.92. The highest BCUT2D eigenvalue weighted by molar-refractivity contribution is 4.91. The largest absolute Gasteiger partial charge is 0.393 e. The molecule has 78 valence electrons. The lowest BCUT2D eigenvalue weighted by Gasteiger charge is -2.42. The molecule has 1 aliphatic carbocycles. The predicted octanol–water partition coefficient (Wildman–Crippen LogP) is 2.05. The lowest BCUT2D eigenvalue weighted by atomic mass is 9.66. The first kappa shape index (κ1) is 11.0. The van der Waals surface area contributed by atoms with Gasteiger partial charge in [0.1, 0.15) is 0 Å². The van der Waals surface area contributed by atoms with E-state index < -0.39 is 0 Å². The maximum atomic E-state index is 9.45. The van der Waals surface area contributed by atoms with Gasteiger partial charge in [-0.2, -0.15) is 0 Å². The average molecular weight is 185 g/mol. The van der Waals surface area contributed by atoms with Crippen molar-refractivity contribution in [2.45, 2.75) is 64.5 Å². The molecule has 2 nitrogen and oxygen atoms in total. The van der Waals surface area contributed by atoms with Gasteiger partial charge in [0.2, 0.25) is 0 Å². The van der Waals surface area contributed by atoms with Crippen LogP contribution in [-0.4, -0.2) is 17.3 Å². The molecule has 1 saturated carbocycles. The zero-order chi connectivity index (χ0) is 9.90. The molecule has 13 heavy (non-hydrogen) atoms. The number of hydrogen-bond acceptors (Lipinski definition) is 2. The van der Waals surface area contributed by atoms with E-state index in [1.165, 1.54) is 0 Å². The van der Waals surface area contributed by atoms with Crippen LogP contribution < -0.4 is 5.73 Å². The molecule has 0 saturated heterocycles. The third-order valence-electron chi connectivity index (χ3n) is 3.88. The van der Waals surface area contributed by atoms with Crippen LogP contribution in [0.3, 0.4) is 0 Å². The van der Waals surface area contributed by atoms with Crippen LogP contribution in [0.5, 0.6) is 0 Å². The first-order valence-electron chi connectivity index (χ1n) is 5.58. The van der Waals surface area contributed by atoms with Gasteiger partial charge in [0.25, 0.3) is 0 Å². The Morgan fingerprint density at radius 1 is 1.38 bits per heavy atom. The van der Waals surface area contributed by atoms with Gasteiger partial charge in [0, 0.05) is 6.04 Å². The molecule has 1 aliphatic rings. The standard InChI is InChI=1S/C11H23NO/c1-3-10(12)11(4-2)7-5-9(13)6-8-11/h9-10,13H,3-8,12H2,1-2H3/t9?,10-,11?/m1/s1. The van der Waals surface area contributed by atoms with Crippen molar-refractivity contribution in [3.63, 3.8) is 0 Å². The number of aliphatic hydroxyl groups is 1. The minimum Gasteiger partial charge on any atom is -0.393 e. The Hall–Kier alpha value is -0.0800. The Kier molecular flexibility index (Phi) is 3.74. The van der Waals surface area contributed by atoms with E-state index in [-0.39, 0.29) is 6.10 Å². The Labute approximate surface area is 81.5 Å².